The van der Waals surface area contributed by atoms with Gasteiger partial charge in [-0.2, -0.15) is 0 Å². The Balaban J connectivity index is 1.75. The fraction of sp³-hybridized carbons (Fsp3) is 0.316. The number of ether oxygens (including phenoxy) is 1. The third-order valence-electron chi connectivity index (χ3n) is 4.65. The predicted octanol–water partition coefficient (Wildman–Crippen LogP) is 4.30. The minimum absolute atomic E-state index is 0.245. The van der Waals surface area contributed by atoms with Crippen molar-refractivity contribution >= 4 is 5.90 Å². The van der Waals surface area contributed by atoms with Gasteiger partial charge in [0.1, 0.15) is 0 Å². The Morgan fingerprint density at radius 3 is 2.38 bits per heavy atom. The van der Waals surface area contributed by atoms with Crippen LogP contribution in [-0.4, -0.2) is 11.9 Å². The number of hydrogen-bond acceptors (Lipinski definition) is 2. The smallest absolute Gasteiger partial charge is 0.217 e. The Morgan fingerprint density at radius 1 is 0.905 bits per heavy atom. The zero-order valence-electron chi connectivity index (χ0n) is 12.0. The van der Waals surface area contributed by atoms with Crippen molar-refractivity contribution in [2.24, 2.45) is 4.99 Å². The number of aliphatic imine (C=N–C) groups is 1. The Kier molecular flexibility index (Phi) is 3.03. The second kappa shape index (κ2) is 5.03. The molecule has 0 aromatic heterocycles. The molecule has 2 atom stereocenters. The van der Waals surface area contributed by atoms with Gasteiger partial charge < -0.3 is 4.74 Å². The first-order valence-corrected chi connectivity index (χ1v) is 7.76. The average molecular weight is 277 g/mol. The van der Waals surface area contributed by atoms with E-state index in [0.717, 1.165) is 24.3 Å². The van der Waals surface area contributed by atoms with Crippen LogP contribution < -0.4 is 0 Å². The van der Waals surface area contributed by atoms with E-state index in [9.17, 15) is 0 Å². The minimum Gasteiger partial charge on any atom is -0.464 e. The monoisotopic (exact) mass is 277 g/mol. The number of hydrogen-bond donors (Lipinski definition) is 0. The summed E-state index contributed by atoms with van der Waals surface area (Å²) in [6.07, 6.45) is 4.63. The zero-order chi connectivity index (χ0) is 14.1. The summed E-state index contributed by atoms with van der Waals surface area (Å²) in [6, 6.07) is 21.1. The summed E-state index contributed by atoms with van der Waals surface area (Å²) in [4.78, 5) is 4.92. The molecule has 1 aliphatic heterocycles. The van der Waals surface area contributed by atoms with Gasteiger partial charge in [-0.3, -0.25) is 0 Å². The van der Waals surface area contributed by atoms with Crippen LogP contribution in [0.4, 0.5) is 0 Å². The summed E-state index contributed by atoms with van der Waals surface area (Å²) >= 11 is 0. The highest BCUT2D eigenvalue weighted by Gasteiger charge is 2.49. The first-order chi connectivity index (χ1) is 10.4. The van der Waals surface area contributed by atoms with Gasteiger partial charge in [0.25, 0.3) is 0 Å². The van der Waals surface area contributed by atoms with E-state index in [1.807, 2.05) is 18.2 Å². The van der Waals surface area contributed by atoms with Gasteiger partial charge in [-0.1, -0.05) is 55.0 Å². The van der Waals surface area contributed by atoms with Gasteiger partial charge in [-0.25, -0.2) is 4.99 Å². The van der Waals surface area contributed by atoms with Crippen molar-refractivity contribution in [1.82, 2.24) is 0 Å². The number of rotatable bonds is 2. The number of nitrogens with zero attached hydrogens (tertiary/aromatic N) is 1. The summed E-state index contributed by atoms with van der Waals surface area (Å²) in [5.41, 5.74) is 2.11. The topological polar surface area (TPSA) is 21.6 Å². The van der Waals surface area contributed by atoms with Crippen LogP contribution >= 0.6 is 0 Å². The normalized spacial score (nSPS) is 27.6. The molecule has 1 saturated carbocycles. The Hall–Kier alpha value is -2.09. The lowest BCUT2D eigenvalue weighted by molar-refractivity contribution is 0.0219. The quantitative estimate of drug-likeness (QED) is 0.802. The van der Waals surface area contributed by atoms with Crippen LogP contribution in [0.2, 0.25) is 0 Å². The zero-order valence-corrected chi connectivity index (χ0v) is 12.0. The standard InChI is InChI=1S/C19H19NO/c1-3-9-15(10-4-1)18-20-17-13-7-8-14-19(17,21-18)16-11-5-2-6-12-16/h1-6,9-12,17H,7-8,13-14H2/t17-,19+/m0/s1. The second-order valence-electron chi connectivity index (χ2n) is 5.92. The van der Waals surface area contributed by atoms with Crippen LogP contribution in [0.1, 0.15) is 36.8 Å². The summed E-state index contributed by atoms with van der Waals surface area (Å²) in [5.74, 6) is 0.811. The van der Waals surface area contributed by atoms with Gasteiger partial charge in [0.2, 0.25) is 5.90 Å². The van der Waals surface area contributed by atoms with Gasteiger partial charge in [0.15, 0.2) is 5.60 Å². The Labute approximate surface area is 125 Å². The highest BCUT2D eigenvalue weighted by molar-refractivity contribution is 5.95. The van der Waals surface area contributed by atoms with Gasteiger partial charge in [-0.15, -0.1) is 0 Å². The molecule has 4 rings (SSSR count). The molecule has 0 amide bonds. The first-order valence-electron chi connectivity index (χ1n) is 7.76. The number of benzene rings is 2. The molecule has 1 fully saturated rings. The van der Waals surface area contributed by atoms with Crippen molar-refractivity contribution in [2.75, 3.05) is 0 Å². The first kappa shape index (κ1) is 12.6. The van der Waals surface area contributed by atoms with Crippen molar-refractivity contribution < 1.29 is 4.74 Å². The van der Waals surface area contributed by atoms with Gasteiger partial charge in [-0.05, 0) is 37.0 Å². The molecule has 2 aromatic rings. The molecule has 0 N–H and O–H groups in total. The highest BCUT2D eigenvalue weighted by Crippen LogP contribution is 2.46. The highest BCUT2D eigenvalue weighted by atomic mass is 16.5. The third-order valence-corrected chi connectivity index (χ3v) is 4.65. The summed E-state index contributed by atoms with van der Waals surface area (Å²) < 4.78 is 6.48. The molecule has 2 nitrogen and oxygen atoms in total. The van der Waals surface area contributed by atoms with Crippen molar-refractivity contribution in [3.05, 3.63) is 71.8 Å². The minimum atomic E-state index is -0.245. The molecule has 0 radical (unpaired) electrons. The Morgan fingerprint density at radius 2 is 1.62 bits per heavy atom. The maximum Gasteiger partial charge on any atom is 0.217 e. The molecule has 2 aromatic carbocycles. The summed E-state index contributed by atoms with van der Waals surface area (Å²) in [6.45, 7) is 0. The SMILES string of the molecule is c1ccc(C2=N[C@H]3CCCC[C@]3(c3ccccc3)O2)cc1. The maximum absolute atomic E-state index is 6.48. The van der Waals surface area contributed by atoms with Crippen molar-refractivity contribution in [3.63, 3.8) is 0 Å². The van der Waals surface area contributed by atoms with Crippen LogP contribution in [0.5, 0.6) is 0 Å². The molecular formula is C19H19NO. The Bertz CT molecular complexity index is 650. The van der Waals surface area contributed by atoms with Crippen LogP contribution in [0, 0.1) is 0 Å². The van der Waals surface area contributed by atoms with E-state index in [1.54, 1.807) is 0 Å². The van der Waals surface area contributed by atoms with E-state index in [2.05, 4.69) is 42.5 Å². The molecule has 0 saturated heterocycles. The third kappa shape index (κ3) is 2.06. The molecule has 21 heavy (non-hydrogen) atoms. The maximum atomic E-state index is 6.48. The van der Waals surface area contributed by atoms with E-state index in [4.69, 9.17) is 9.73 Å². The van der Waals surface area contributed by atoms with Gasteiger partial charge >= 0.3 is 0 Å². The molecule has 1 aliphatic carbocycles. The van der Waals surface area contributed by atoms with Crippen LogP contribution in [0.25, 0.3) is 0 Å². The van der Waals surface area contributed by atoms with E-state index in [1.165, 1.54) is 18.4 Å². The molecule has 106 valence electrons. The summed E-state index contributed by atoms with van der Waals surface area (Å²) in [5, 5.41) is 0. The molecule has 0 spiro atoms. The predicted molar refractivity (Wildman–Crippen MR) is 84.4 cm³/mol. The lowest BCUT2D eigenvalue weighted by atomic mass is 9.76. The van der Waals surface area contributed by atoms with Crippen molar-refractivity contribution in [3.8, 4) is 0 Å². The van der Waals surface area contributed by atoms with Crippen molar-refractivity contribution in [2.45, 2.75) is 37.3 Å². The van der Waals surface area contributed by atoms with Crippen LogP contribution in [0.15, 0.2) is 65.7 Å². The fourth-order valence-electron chi connectivity index (χ4n) is 3.58. The fourth-order valence-corrected chi connectivity index (χ4v) is 3.58. The second-order valence-corrected chi connectivity index (χ2v) is 5.92. The van der Waals surface area contributed by atoms with Crippen LogP contribution in [0.3, 0.4) is 0 Å². The average Bonchev–Trinajstić information content (AvgIpc) is 2.97. The van der Waals surface area contributed by atoms with Crippen molar-refractivity contribution in [1.29, 1.82) is 0 Å². The van der Waals surface area contributed by atoms with E-state index >= 15 is 0 Å². The van der Waals surface area contributed by atoms with E-state index < -0.39 is 0 Å². The van der Waals surface area contributed by atoms with Gasteiger partial charge in [0.05, 0.1) is 6.04 Å². The number of fused-ring (bicyclic) bond motifs is 1. The molecule has 2 heteroatoms. The van der Waals surface area contributed by atoms with E-state index in [0.29, 0.717) is 0 Å². The summed E-state index contributed by atoms with van der Waals surface area (Å²) in [7, 11) is 0. The lowest BCUT2D eigenvalue weighted by Gasteiger charge is -2.37. The molecule has 1 heterocycles. The van der Waals surface area contributed by atoms with E-state index in [-0.39, 0.29) is 11.6 Å². The van der Waals surface area contributed by atoms with Gasteiger partial charge in [0, 0.05) is 5.56 Å². The lowest BCUT2D eigenvalue weighted by Crippen LogP contribution is -2.40. The molecule has 0 bridgehead atoms. The van der Waals surface area contributed by atoms with Crippen LogP contribution in [-0.2, 0) is 10.3 Å². The molecular weight excluding hydrogens is 258 g/mol. The molecule has 2 aliphatic rings. The molecule has 0 unspecified atom stereocenters. The largest absolute Gasteiger partial charge is 0.464 e.